The second-order valence-electron chi connectivity index (χ2n) is 5.06. The molecule has 1 heterocycles. The molecule has 3 aromatic rings. The van der Waals surface area contributed by atoms with Crippen LogP contribution in [0.2, 0.25) is 0 Å². The zero-order valence-electron chi connectivity index (χ0n) is 12.8. The van der Waals surface area contributed by atoms with Gasteiger partial charge in [0, 0.05) is 4.47 Å². The van der Waals surface area contributed by atoms with E-state index in [1.807, 2.05) is 24.3 Å². The number of rotatable bonds is 5. The lowest BCUT2D eigenvalue weighted by Crippen LogP contribution is -2.12. The number of para-hydroxylation sites is 1. The van der Waals surface area contributed by atoms with Crippen LogP contribution >= 0.6 is 31.9 Å². The molecule has 0 aliphatic rings. The SMILES string of the molecule is O=C(Nc1ccc(Br)cc1F)c1ccc(COc2ccccc2Br)o1. The number of amides is 1. The number of nitrogens with one attached hydrogen (secondary N) is 1. The number of anilines is 1. The lowest BCUT2D eigenvalue weighted by Gasteiger charge is -2.06. The average molecular weight is 469 g/mol. The Hall–Kier alpha value is -2.12. The van der Waals surface area contributed by atoms with E-state index in [1.54, 1.807) is 12.1 Å². The van der Waals surface area contributed by atoms with E-state index in [0.29, 0.717) is 16.0 Å². The molecule has 0 saturated carbocycles. The maximum atomic E-state index is 13.8. The Kier molecular flexibility index (Phi) is 5.55. The molecule has 7 heteroatoms. The zero-order chi connectivity index (χ0) is 17.8. The number of benzene rings is 2. The molecule has 2 aromatic carbocycles. The minimum atomic E-state index is -0.535. The summed E-state index contributed by atoms with van der Waals surface area (Å²) in [7, 11) is 0. The third-order valence-corrected chi connectivity index (χ3v) is 4.42. The Morgan fingerprint density at radius 1 is 1.12 bits per heavy atom. The molecule has 0 aliphatic carbocycles. The van der Waals surface area contributed by atoms with Crippen molar-refractivity contribution in [2.24, 2.45) is 0 Å². The van der Waals surface area contributed by atoms with Crippen LogP contribution in [0.15, 0.2) is 68.0 Å². The van der Waals surface area contributed by atoms with Crippen molar-refractivity contribution in [3.63, 3.8) is 0 Å². The Labute approximate surface area is 160 Å². The summed E-state index contributed by atoms with van der Waals surface area (Å²) >= 11 is 6.55. The second-order valence-corrected chi connectivity index (χ2v) is 6.83. The van der Waals surface area contributed by atoms with Crippen molar-refractivity contribution >= 4 is 43.5 Å². The van der Waals surface area contributed by atoms with Crippen molar-refractivity contribution < 1.29 is 18.3 Å². The molecule has 4 nitrogen and oxygen atoms in total. The van der Waals surface area contributed by atoms with Gasteiger partial charge in [-0.15, -0.1) is 0 Å². The topological polar surface area (TPSA) is 51.5 Å². The lowest BCUT2D eigenvalue weighted by atomic mass is 10.3. The van der Waals surface area contributed by atoms with E-state index in [9.17, 15) is 9.18 Å². The molecule has 0 aliphatic heterocycles. The number of hydrogen-bond acceptors (Lipinski definition) is 3. The lowest BCUT2D eigenvalue weighted by molar-refractivity contribution is 0.0992. The number of carbonyl (C=O) groups is 1. The Balaban J connectivity index is 1.64. The summed E-state index contributed by atoms with van der Waals surface area (Å²) in [5, 5.41) is 2.47. The number of hydrogen-bond donors (Lipinski definition) is 1. The predicted molar refractivity (Wildman–Crippen MR) is 99.2 cm³/mol. The van der Waals surface area contributed by atoms with Crippen LogP contribution in [0.3, 0.4) is 0 Å². The first-order chi connectivity index (χ1) is 12.0. The molecule has 0 saturated heterocycles. The van der Waals surface area contributed by atoms with Crippen molar-refractivity contribution in [2.75, 3.05) is 5.32 Å². The van der Waals surface area contributed by atoms with E-state index in [-0.39, 0.29) is 18.1 Å². The highest BCUT2D eigenvalue weighted by Gasteiger charge is 2.14. The van der Waals surface area contributed by atoms with E-state index < -0.39 is 11.7 Å². The van der Waals surface area contributed by atoms with Gasteiger partial charge < -0.3 is 14.5 Å². The quantitative estimate of drug-likeness (QED) is 0.516. The Bertz CT molecular complexity index is 911. The van der Waals surface area contributed by atoms with Crippen molar-refractivity contribution in [1.82, 2.24) is 0 Å². The summed E-state index contributed by atoms with van der Waals surface area (Å²) in [6.07, 6.45) is 0. The molecule has 3 rings (SSSR count). The second kappa shape index (κ2) is 7.84. The maximum absolute atomic E-state index is 13.8. The van der Waals surface area contributed by atoms with Crippen LogP contribution in [0.4, 0.5) is 10.1 Å². The van der Waals surface area contributed by atoms with Gasteiger partial charge in [0.1, 0.15) is 23.9 Å². The van der Waals surface area contributed by atoms with Gasteiger partial charge in [-0.05, 0) is 58.4 Å². The molecule has 1 aromatic heterocycles. The first-order valence-electron chi connectivity index (χ1n) is 7.25. The van der Waals surface area contributed by atoms with E-state index >= 15 is 0 Å². The summed E-state index contributed by atoms with van der Waals surface area (Å²) < 4.78 is 26.3. The number of furan rings is 1. The largest absolute Gasteiger partial charge is 0.484 e. The third kappa shape index (κ3) is 4.49. The monoisotopic (exact) mass is 467 g/mol. The van der Waals surface area contributed by atoms with Crippen LogP contribution < -0.4 is 10.1 Å². The van der Waals surface area contributed by atoms with Crippen LogP contribution in [0, 0.1) is 5.82 Å². The van der Waals surface area contributed by atoms with Gasteiger partial charge in [-0.2, -0.15) is 0 Å². The molecule has 1 amide bonds. The van der Waals surface area contributed by atoms with E-state index in [1.165, 1.54) is 18.2 Å². The molecule has 0 spiro atoms. The molecule has 128 valence electrons. The van der Waals surface area contributed by atoms with Gasteiger partial charge in [-0.25, -0.2) is 4.39 Å². The van der Waals surface area contributed by atoms with Crippen LogP contribution in [0.25, 0.3) is 0 Å². The van der Waals surface area contributed by atoms with E-state index in [4.69, 9.17) is 9.15 Å². The zero-order valence-corrected chi connectivity index (χ0v) is 15.9. The van der Waals surface area contributed by atoms with Gasteiger partial charge in [-0.3, -0.25) is 4.79 Å². The molecular weight excluding hydrogens is 457 g/mol. The summed E-state index contributed by atoms with van der Waals surface area (Å²) in [5.41, 5.74) is 0.0793. The highest BCUT2D eigenvalue weighted by Crippen LogP contribution is 2.25. The summed E-state index contributed by atoms with van der Waals surface area (Å²) in [4.78, 5) is 12.2. The fourth-order valence-corrected chi connectivity index (χ4v) is 2.80. The predicted octanol–water partition coefficient (Wildman–Crippen LogP) is 5.78. The first kappa shape index (κ1) is 17.7. The first-order valence-corrected chi connectivity index (χ1v) is 8.84. The van der Waals surface area contributed by atoms with E-state index in [0.717, 1.165) is 4.47 Å². The van der Waals surface area contributed by atoms with Gasteiger partial charge in [0.15, 0.2) is 5.76 Å². The molecular formula is C18H12Br2FNO3. The van der Waals surface area contributed by atoms with Gasteiger partial charge in [-0.1, -0.05) is 28.1 Å². The van der Waals surface area contributed by atoms with Crippen LogP contribution in [0.5, 0.6) is 5.75 Å². The normalized spacial score (nSPS) is 10.5. The van der Waals surface area contributed by atoms with Crippen molar-refractivity contribution in [2.45, 2.75) is 6.61 Å². The van der Waals surface area contributed by atoms with Crippen molar-refractivity contribution in [3.05, 3.63) is 80.9 Å². The minimum absolute atomic E-state index is 0.0769. The molecule has 0 bridgehead atoms. The smallest absolute Gasteiger partial charge is 0.291 e. The molecule has 1 N–H and O–H groups in total. The van der Waals surface area contributed by atoms with Crippen LogP contribution in [-0.4, -0.2) is 5.91 Å². The van der Waals surface area contributed by atoms with Gasteiger partial charge >= 0.3 is 0 Å². The Morgan fingerprint density at radius 2 is 1.92 bits per heavy atom. The van der Waals surface area contributed by atoms with Gasteiger partial charge in [0.25, 0.3) is 5.91 Å². The van der Waals surface area contributed by atoms with Crippen molar-refractivity contribution in [3.8, 4) is 5.75 Å². The van der Waals surface area contributed by atoms with E-state index in [2.05, 4.69) is 37.2 Å². The maximum Gasteiger partial charge on any atom is 0.291 e. The molecule has 0 fully saturated rings. The standard InChI is InChI=1S/C18H12Br2FNO3/c19-11-5-7-15(14(21)9-11)22-18(23)17-8-6-12(25-17)10-24-16-4-2-1-3-13(16)20/h1-9H,10H2,(H,22,23). The third-order valence-electron chi connectivity index (χ3n) is 3.27. The molecule has 25 heavy (non-hydrogen) atoms. The fraction of sp³-hybridized carbons (Fsp3) is 0.0556. The molecule has 0 atom stereocenters. The van der Waals surface area contributed by atoms with Crippen LogP contribution in [-0.2, 0) is 6.61 Å². The average Bonchev–Trinajstić information content (AvgIpc) is 3.06. The van der Waals surface area contributed by atoms with Gasteiger partial charge in [0.2, 0.25) is 0 Å². The number of carbonyl (C=O) groups excluding carboxylic acids is 1. The number of halogens is 3. The Morgan fingerprint density at radius 3 is 2.68 bits per heavy atom. The molecule has 0 unspecified atom stereocenters. The summed E-state index contributed by atoms with van der Waals surface area (Å²) in [5.74, 6) is 0.159. The minimum Gasteiger partial charge on any atom is -0.484 e. The van der Waals surface area contributed by atoms with Gasteiger partial charge in [0.05, 0.1) is 10.2 Å². The fourth-order valence-electron chi connectivity index (χ4n) is 2.06. The van der Waals surface area contributed by atoms with Crippen LogP contribution in [0.1, 0.15) is 16.3 Å². The molecule has 0 radical (unpaired) electrons. The van der Waals surface area contributed by atoms with Crippen molar-refractivity contribution in [1.29, 1.82) is 0 Å². The highest BCUT2D eigenvalue weighted by atomic mass is 79.9. The summed E-state index contributed by atoms with van der Waals surface area (Å²) in [6.45, 7) is 0.169. The highest BCUT2D eigenvalue weighted by molar-refractivity contribution is 9.10. The summed E-state index contributed by atoms with van der Waals surface area (Å²) in [6, 6.07) is 15.0. The number of ether oxygens (including phenoxy) is 1.